The van der Waals surface area contributed by atoms with Crippen LogP contribution in [0.3, 0.4) is 0 Å². The van der Waals surface area contributed by atoms with E-state index in [1.807, 2.05) is 11.4 Å². The quantitative estimate of drug-likeness (QED) is 0.820. The van der Waals surface area contributed by atoms with Crippen LogP contribution >= 0.6 is 22.9 Å². The van der Waals surface area contributed by atoms with Crippen LogP contribution in [0.2, 0.25) is 5.02 Å². The maximum atomic E-state index is 10.6. The van der Waals surface area contributed by atoms with Gasteiger partial charge in [-0.05, 0) is 36.6 Å². The summed E-state index contributed by atoms with van der Waals surface area (Å²) in [5.74, 6) is 0.388. The molecule has 0 aliphatic heterocycles. The molecule has 0 bridgehead atoms. The fraction of sp³-hybridized carbons (Fsp3) is 0.636. The molecule has 1 aromatic heterocycles. The molecular weight excluding hydrogens is 216 g/mol. The molecule has 1 nitrogen and oxygen atoms in total. The third kappa shape index (κ3) is 1.50. The number of thiophene rings is 1. The lowest BCUT2D eigenvalue weighted by molar-refractivity contribution is -0.000248. The van der Waals surface area contributed by atoms with Crippen molar-refractivity contribution in [2.24, 2.45) is 5.92 Å². The number of hydrogen-bond acceptors (Lipinski definition) is 2. The average Bonchev–Trinajstić information content (AvgIpc) is 2.72. The first-order chi connectivity index (χ1) is 6.68. The Morgan fingerprint density at radius 1 is 1.71 bits per heavy atom. The van der Waals surface area contributed by atoms with E-state index >= 15 is 0 Å². The smallest absolute Gasteiger partial charge is 0.103 e. The zero-order valence-electron chi connectivity index (χ0n) is 8.29. The molecule has 0 amide bonds. The first kappa shape index (κ1) is 10.5. The summed E-state index contributed by atoms with van der Waals surface area (Å²) >= 11 is 7.67. The maximum Gasteiger partial charge on any atom is 0.103 e. The standard InChI is InChI=1S/C11H15ClOS/c1-2-8-4-3-6-11(8,13)10-9(12)5-7-14-10/h5,7-8,13H,2-4,6H2,1H3. The second-order valence-corrected chi connectivity index (χ2v) is 5.34. The van der Waals surface area contributed by atoms with Gasteiger partial charge in [0, 0.05) is 0 Å². The maximum absolute atomic E-state index is 10.6. The molecule has 3 heteroatoms. The van der Waals surface area contributed by atoms with Crippen molar-refractivity contribution in [3.05, 3.63) is 21.3 Å². The Balaban J connectivity index is 2.36. The Bertz CT molecular complexity index is 323. The summed E-state index contributed by atoms with van der Waals surface area (Å²) in [5.41, 5.74) is -0.639. The van der Waals surface area contributed by atoms with E-state index in [1.165, 1.54) is 0 Å². The summed E-state index contributed by atoms with van der Waals surface area (Å²) in [6.07, 6.45) is 4.14. The van der Waals surface area contributed by atoms with Gasteiger partial charge in [0.1, 0.15) is 5.60 Å². The zero-order valence-corrected chi connectivity index (χ0v) is 9.87. The second-order valence-electron chi connectivity index (χ2n) is 4.02. The largest absolute Gasteiger partial charge is 0.384 e. The minimum Gasteiger partial charge on any atom is -0.384 e. The normalized spacial score (nSPS) is 32.4. The van der Waals surface area contributed by atoms with E-state index < -0.39 is 5.60 Å². The van der Waals surface area contributed by atoms with Crippen LogP contribution in [0.5, 0.6) is 0 Å². The molecule has 2 rings (SSSR count). The molecule has 1 aromatic rings. The van der Waals surface area contributed by atoms with Gasteiger partial charge in [-0.25, -0.2) is 0 Å². The topological polar surface area (TPSA) is 20.2 Å². The van der Waals surface area contributed by atoms with Crippen LogP contribution in [0.1, 0.15) is 37.5 Å². The van der Waals surface area contributed by atoms with Gasteiger partial charge in [-0.1, -0.05) is 24.9 Å². The fourth-order valence-electron chi connectivity index (χ4n) is 2.50. The molecule has 0 spiro atoms. The van der Waals surface area contributed by atoms with Crippen molar-refractivity contribution >= 4 is 22.9 Å². The summed E-state index contributed by atoms with van der Waals surface area (Å²) in [6.45, 7) is 2.14. The van der Waals surface area contributed by atoms with Crippen molar-refractivity contribution in [1.82, 2.24) is 0 Å². The number of rotatable bonds is 2. The summed E-state index contributed by atoms with van der Waals surface area (Å²) in [6, 6.07) is 1.88. The minimum absolute atomic E-state index is 0.388. The molecule has 0 radical (unpaired) electrons. The van der Waals surface area contributed by atoms with Crippen molar-refractivity contribution in [3.8, 4) is 0 Å². The number of halogens is 1. The Morgan fingerprint density at radius 2 is 2.50 bits per heavy atom. The van der Waals surface area contributed by atoms with Gasteiger partial charge in [-0.15, -0.1) is 11.3 Å². The fourth-order valence-corrected chi connectivity index (χ4v) is 3.93. The lowest BCUT2D eigenvalue weighted by Crippen LogP contribution is -2.28. The third-order valence-corrected chi connectivity index (χ3v) is 4.80. The van der Waals surface area contributed by atoms with Crippen LogP contribution in [-0.4, -0.2) is 5.11 Å². The van der Waals surface area contributed by atoms with Crippen molar-refractivity contribution in [1.29, 1.82) is 0 Å². The summed E-state index contributed by atoms with van der Waals surface area (Å²) in [5, 5.41) is 13.3. The first-order valence-electron chi connectivity index (χ1n) is 5.14. The molecule has 2 unspecified atom stereocenters. The van der Waals surface area contributed by atoms with Gasteiger partial charge in [0.25, 0.3) is 0 Å². The summed E-state index contributed by atoms with van der Waals surface area (Å²) < 4.78 is 0. The first-order valence-corrected chi connectivity index (χ1v) is 6.40. The van der Waals surface area contributed by atoms with Gasteiger partial charge < -0.3 is 5.11 Å². The van der Waals surface area contributed by atoms with E-state index in [-0.39, 0.29) is 0 Å². The second kappa shape index (κ2) is 3.84. The van der Waals surface area contributed by atoms with Crippen LogP contribution in [0.25, 0.3) is 0 Å². The molecule has 14 heavy (non-hydrogen) atoms. The monoisotopic (exact) mass is 230 g/mol. The van der Waals surface area contributed by atoms with Crippen molar-refractivity contribution in [2.75, 3.05) is 0 Å². The van der Waals surface area contributed by atoms with E-state index in [0.29, 0.717) is 5.92 Å². The van der Waals surface area contributed by atoms with Crippen molar-refractivity contribution in [2.45, 2.75) is 38.2 Å². The van der Waals surface area contributed by atoms with Crippen molar-refractivity contribution in [3.63, 3.8) is 0 Å². The van der Waals surface area contributed by atoms with E-state index in [1.54, 1.807) is 11.3 Å². The van der Waals surface area contributed by atoms with Crippen LogP contribution < -0.4 is 0 Å². The van der Waals surface area contributed by atoms with Gasteiger partial charge in [0.15, 0.2) is 0 Å². The molecule has 0 aromatic carbocycles. The average molecular weight is 231 g/mol. The molecular formula is C11H15ClOS. The Hall–Kier alpha value is -0.0500. The Morgan fingerprint density at radius 3 is 3.07 bits per heavy atom. The molecule has 0 saturated heterocycles. The molecule has 78 valence electrons. The summed E-state index contributed by atoms with van der Waals surface area (Å²) in [4.78, 5) is 0.975. The molecule has 1 saturated carbocycles. The zero-order chi connectivity index (χ0) is 10.2. The van der Waals surface area contributed by atoms with Gasteiger partial charge in [-0.2, -0.15) is 0 Å². The Labute approximate surface area is 93.7 Å². The lowest BCUT2D eigenvalue weighted by atomic mass is 9.87. The predicted octanol–water partition coefficient (Wildman–Crippen LogP) is 3.80. The van der Waals surface area contributed by atoms with Crippen LogP contribution in [0.4, 0.5) is 0 Å². The lowest BCUT2D eigenvalue weighted by Gasteiger charge is -2.28. The van der Waals surface area contributed by atoms with E-state index in [0.717, 1.165) is 35.6 Å². The highest BCUT2D eigenvalue weighted by Gasteiger charge is 2.43. The highest BCUT2D eigenvalue weighted by atomic mass is 35.5. The predicted molar refractivity (Wildman–Crippen MR) is 60.9 cm³/mol. The number of hydrogen-bond donors (Lipinski definition) is 1. The number of aliphatic hydroxyl groups is 1. The van der Waals surface area contributed by atoms with E-state index in [2.05, 4.69) is 6.92 Å². The molecule has 2 atom stereocenters. The van der Waals surface area contributed by atoms with Gasteiger partial charge in [-0.3, -0.25) is 0 Å². The molecule has 1 N–H and O–H groups in total. The highest BCUT2D eigenvalue weighted by molar-refractivity contribution is 7.10. The van der Waals surface area contributed by atoms with E-state index in [9.17, 15) is 5.11 Å². The molecule has 1 aliphatic carbocycles. The Kier molecular flexibility index (Phi) is 2.87. The molecule has 1 heterocycles. The SMILES string of the molecule is CCC1CCCC1(O)c1sccc1Cl. The minimum atomic E-state index is -0.639. The highest BCUT2D eigenvalue weighted by Crippen LogP contribution is 2.48. The van der Waals surface area contributed by atoms with E-state index in [4.69, 9.17) is 11.6 Å². The van der Waals surface area contributed by atoms with Gasteiger partial charge >= 0.3 is 0 Å². The third-order valence-electron chi connectivity index (χ3n) is 3.29. The van der Waals surface area contributed by atoms with Crippen LogP contribution in [0.15, 0.2) is 11.4 Å². The molecule has 1 aliphatic rings. The van der Waals surface area contributed by atoms with Crippen LogP contribution in [-0.2, 0) is 5.60 Å². The van der Waals surface area contributed by atoms with Gasteiger partial charge in [0.2, 0.25) is 0 Å². The van der Waals surface area contributed by atoms with Crippen LogP contribution in [0, 0.1) is 5.92 Å². The molecule has 1 fully saturated rings. The van der Waals surface area contributed by atoms with Crippen molar-refractivity contribution < 1.29 is 5.11 Å². The van der Waals surface area contributed by atoms with Gasteiger partial charge in [0.05, 0.1) is 9.90 Å². The summed E-state index contributed by atoms with van der Waals surface area (Å²) in [7, 11) is 0.